The molecule has 0 spiro atoms. The average molecular weight is 346 g/mol. The number of alkyl halides is 3. The van der Waals surface area contributed by atoms with Gasteiger partial charge in [0.25, 0.3) is 0 Å². The third kappa shape index (κ3) is 3.17. The van der Waals surface area contributed by atoms with Crippen molar-refractivity contribution in [1.82, 2.24) is 14.7 Å². The quantitative estimate of drug-likeness (QED) is 0.857. The minimum Gasteiger partial charge on any atom is -0.481 e. The summed E-state index contributed by atoms with van der Waals surface area (Å²) in [5.41, 5.74) is 0.967. The molecule has 0 unspecified atom stereocenters. The van der Waals surface area contributed by atoms with Gasteiger partial charge in [0.15, 0.2) is 5.82 Å². The largest absolute Gasteiger partial charge is 0.481 e. The van der Waals surface area contributed by atoms with Crippen molar-refractivity contribution in [2.75, 3.05) is 18.4 Å². The summed E-state index contributed by atoms with van der Waals surface area (Å²) < 4.78 is 40.6. The average Bonchev–Trinajstić information content (AvgIpc) is 3.10. The maximum atomic E-state index is 13.0. The van der Waals surface area contributed by atoms with Crippen LogP contribution in [0, 0.1) is 11.8 Å². The molecule has 0 radical (unpaired) electrons. The number of nitrogens with one attached hydrogen (secondary N) is 1. The van der Waals surface area contributed by atoms with Crippen molar-refractivity contribution in [2.45, 2.75) is 32.0 Å². The lowest BCUT2D eigenvalue weighted by Gasteiger charge is -2.18. The van der Waals surface area contributed by atoms with Gasteiger partial charge < -0.3 is 10.0 Å². The topological polar surface area (TPSA) is 87.5 Å². The normalized spacial score (nSPS) is 23.9. The lowest BCUT2D eigenvalue weighted by atomic mass is 9.96. The van der Waals surface area contributed by atoms with E-state index in [1.165, 1.54) is 0 Å². The van der Waals surface area contributed by atoms with E-state index in [0.29, 0.717) is 0 Å². The number of aryl methyl sites for hydroxylation is 2. The fraction of sp³-hybridized carbons (Fsp3) is 0.643. The predicted octanol–water partition coefficient (Wildman–Crippen LogP) is 1.95. The predicted molar refractivity (Wildman–Crippen MR) is 76.4 cm³/mol. The number of rotatable bonds is 2. The van der Waals surface area contributed by atoms with Gasteiger partial charge in [0, 0.05) is 31.4 Å². The van der Waals surface area contributed by atoms with Gasteiger partial charge in [0.1, 0.15) is 0 Å². The number of aromatic nitrogens is 2. The molecule has 0 aliphatic carbocycles. The van der Waals surface area contributed by atoms with Gasteiger partial charge in [-0.05, 0) is 19.3 Å². The summed E-state index contributed by atoms with van der Waals surface area (Å²) >= 11 is 0. The van der Waals surface area contributed by atoms with E-state index in [4.69, 9.17) is 5.11 Å². The zero-order chi connectivity index (χ0) is 17.5. The van der Waals surface area contributed by atoms with Crippen molar-refractivity contribution >= 4 is 17.8 Å². The van der Waals surface area contributed by atoms with Gasteiger partial charge in [-0.3, -0.25) is 14.8 Å². The number of fused-ring (bicyclic) bond motifs is 1. The number of carboxylic acids is 1. The van der Waals surface area contributed by atoms with E-state index in [1.54, 1.807) is 10.7 Å². The number of carboxylic acid groups (broad SMARTS) is 1. The standard InChI is InChI=1S/C14H17F3N4O3/c15-14(16,17)10-7-20(6-9(10)12(22)23)13(24)18-11-5-8-3-1-2-4-21(8)19-11/h5,9-10H,1-4,6-7H2,(H,22,23)(H,18,19,24)/t9-,10-/m1/s1. The molecule has 132 valence electrons. The number of hydrogen-bond donors (Lipinski definition) is 2. The van der Waals surface area contributed by atoms with E-state index >= 15 is 0 Å². The number of aliphatic carboxylic acids is 1. The number of urea groups is 1. The first-order valence-electron chi connectivity index (χ1n) is 7.68. The third-order valence-electron chi connectivity index (χ3n) is 4.50. The van der Waals surface area contributed by atoms with Crippen LogP contribution in [0.1, 0.15) is 18.5 Å². The van der Waals surface area contributed by atoms with Gasteiger partial charge in [0.2, 0.25) is 0 Å². The lowest BCUT2D eigenvalue weighted by Crippen LogP contribution is -2.35. The SMILES string of the molecule is O=C(O)[C@@H]1CN(C(=O)Nc2cc3n(n2)CCCC3)C[C@H]1C(F)(F)F. The highest BCUT2D eigenvalue weighted by atomic mass is 19.4. The van der Waals surface area contributed by atoms with Crippen LogP contribution in [0.15, 0.2) is 6.07 Å². The number of likely N-dealkylation sites (tertiary alicyclic amines) is 1. The molecule has 2 amide bonds. The second kappa shape index (κ2) is 5.99. The van der Waals surface area contributed by atoms with Crippen LogP contribution in [0.2, 0.25) is 0 Å². The maximum absolute atomic E-state index is 13.0. The fourth-order valence-corrected chi connectivity index (χ4v) is 3.22. The zero-order valence-electron chi connectivity index (χ0n) is 12.7. The summed E-state index contributed by atoms with van der Waals surface area (Å²) in [5.74, 6) is -4.98. The van der Waals surface area contributed by atoms with Crippen LogP contribution < -0.4 is 5.32 Å². The molecule has 2 N–H and O–H groups in total. The molecule has 0 aromatic carbocycles. The van der Waals surface area contributed by atoms with Gasteiger partial charge in [-0.2, -0.15) is 18.3 Å². The van der Waals surface area contributed by atoms with Crippen molar-refractivity contribution in [1.29, 1.82) is 0 Å². The molecule has 2 aliphatic heterocycles. The third-order valence-corrected chi connectivity index (χ3v) is 4.50. The van der Waals surface area contributed by atoms with E-state index in [-0.39, 0.29) is 5.82 Å². The molecule has 7 nitrogen and oxygen atoms in total. The molecule has 1 aromatic heterocycles. The van der Waals surface area contributed by atoms with Crippen LogP contribution in [-0.2, 0) is 17.8 Å². The van der Waals surface area contributed by atoms with E-state index in [2.05, 4.69) is 10.4 Å². The van der Waals surface area contributed by atoms with E-state index in [9.17, 15) is 22.8 Å². The van der Waals surface area contributed by atoms with Crippen LogP contribution in [0.4, 0.5) is 23.8 Å². The molecule has 2 atom stereocenters. The smallest absolute Gasteiger partial charge is 0.394 e. The van der Waals surface area contributed by atoms with E-state index in [1.807, 2.05) is 0 Å². The fourth-order valence-electron chi connectivity index (χ4n) is 3.22. The van der Waals surface area contributed by atoms with Crippen molar-refractivity contribution < 1.29 is 27.9 Å². The Bertz CT molecular complexity index is 635. The summed E-state index contributed by atoms with van der Waals surface area (Å²) in [6.07, 6.45) is -1.81. The zero-order valence-corrected chi connectivity index (χ0v) is 12.7. The highest BCUT2D eigenvalue weighted by Gasteiger charge is 2.53. The van der Waals surface area contributed by atoms with E-state index in [0.717, 1.165) is 36.4 Å². The molecule has 2 aliphatic rings. The Kier molecular flexibility index (Phi) is 4.14. The Labute approximate surface area is 135 Å². The molecule has 0 bridgehead atoms. The molecular formula is C14H17F3N4O3. The van der Waals surface area contributed by atoms with Crippen LogP contribution in [-0.4, -0.2) is 51.1 Å². The summed E-state index contributed by atoms with van der Waals surface area (Å²) in [7, 11) is 0. The summed E-state index contributed by atoms with van der Waals surface area (Å²) in [5, 5.41) is 15.6. The highest BCUT2D eigenvalue weighted by molar-refractivity contribution is 5.89. The maximum Gasteiger partial charge on any atom is 0.394 e. The first-order valence-corrected chi connectivity index (χ1v) is 7.68. The molecule has 24 heavy (non-hydrogen) atoms. The Balaban J connectivity index is 1.69. The molecule has 3 rings (SSSR count). The van der Waals surface area contributed by atoms with Crippen molar-refractivity contribution in [2.24, 2.45) is 11.8 Å². The summed E-state index contributed by atoms with van der Waals surface area (Å²) in [6.45, 7) is -0.398. The first kappa shape index (κ1) is 16.6. The Morgan fingerprint density at radius 2 is 2.04 bits per heavy atom. The molecule has 1 fully saturated rings. The minimum atomic E-state index is -4.66. The van der Waals surface area contributed by atoms with Gasteiger partial charge in [-0.25, -0.2) is 4.79 Å². The molecule has 10 heteroatoms. The number of carbonyl (C=O) groups excluding carboxylic acids is 1. The Hall–Kier alpha value is -2.26. The van der Waals surface area contributed by atoms with Gasteiger partial charge in [0.05, 0.1) is 11.8 Å². The monoisotopic (exact) mass is 346 g/mol. The lowest BCUT2D eigenvalue weighted by molar-refractivity contribution is -0.187. The Morgan fingerprint density at radius 1 is 1.29 bits per heavy atom. The number of nitrogens with zero attached hydrogens (tertiary/aromatic N) is 3. The van der Waals surface area contributed by atoms with Crippen molar-refractivity contribution in [3.8, 4) is 0 Å². The van der Waals surface area contributed by atoms with Gasteiger partial charge in [-0.15, -0.1) is 0 Å². The van der Waals surface area contributed by atoms with Crippen molar-refractivity contribution in [3.63, 3.8) is 0 Å². The number of halogens is 3. The molecular weight excluding hydrogens is 329 g/mol. The van der Waals surface area contributed by atoms with Crippen molar-refractivity contribution in [3.05, 3.63) is 11.8 Å². The molecule has 1 aromatic rings. The van der Waals surface area contributed by atoms with Gasteiger partial charge >= 0.3 is 18.2 Å². The molecule has 0 saturated carbocycles. The molecule has 3 heterocycles. The summed E-state index contributed by atoms with van der Waals surface area (Å²) in [6, 6.07) is 0.937. The van der Waals surface area contributed by atoms with Crippen LogP contribution in [0.25, 0.3) is 0 Å². The highest BCUT2D eigenvalue weighted by Crippen LogP contribution is 2.37. The first-order chi connectivity index (χ1) is 11.3. The van der Waals surface area contributed by atoms with Crippen LogP contribution in [0.3, 0.4) is 0 Å². The number of anilines is 1. The van der Waals surface area contributed by atoms with Crippen LogP contribution >= 0.6 is 0 Å². The second-order valence-electron chi connectivity index (χ2n) is 6.13. The molecule has 1 saturated heterocycles. The van der Waals surface area contributed by atoms with Crippen LogP contribution in [0.5, 0.6) is 0 Å². The second-order valence-corrected chi connectivity index (χ2v) is 6.13. The van der Waals surface area contributed by atoms with E-state index < -0.39 is 43.1 Å². The van der Waals surface area contributed by atoms with Gasteiger partial charge in [-0.1, -0.05) is 0 Å². The number of amides is 2. The number of hydrogen-bond acceptors (Lipinski definition) is 3. The number of carbonyl (C=O) groups is 2. The summed E-state index contributed by atoms with van der Waals surface area (Å²) in [4.78, 5) is 24.1. The Morgan fingerprint density at radius 3 is 2.62 bits per heavy atom. The minimum absolute atomic E-state index is 0.277.